The molecule has 2 unspecified atom stereocenters. The van der Waals surface area contributed by atoms with Gasteiger partial charge < -0.3 is 10.4 Å². The van der Waals surface area contributed by atoms with Gasteiger partial charge in [-0.2, -0.15) is 0 Å². The summed E-state index contributed by atoms with van der Waals surface area (Å²) in [5, 5.41) is 11.7. The Hall–Kier alpha value is -1.33. The minimum Gasteiger partial charge on any atom is -0.481 e. The normalized spacial score (nSPS) is 21.9. The number of carboxylic acids is 1. The van der Waals surface area contributed by atoms with Crippen LogP contribution in [0.4, 0.5) is 10.1 Å². The van der Waals surface area contributed by atoms with Crippen LogP contribution in [0.25, 0.3) is 0 Å². The van der Waals surface area contributed by atoms with Crippen LogP contribution in [0.15, 0.2) is 12.1 Å². The first-order valence-electron chi connectivity index (χ1n) is 6.58. The molecule has 7 heteroatoms. The Kier molecular flexibility index (Phi) is 5.06. The Labute approximate surface area is 131 Å². The highest BCUT2D eigenvalue weighted by atomic mass is 35.5. The molecule has 0 aliphatic heterocycles. The van der Waals surface area contributed by atoms with Crippen molar-refractivity contribution in [3.63, 3.8) is 0 Å². The van der Waals surface area contributed by atoms with Crippen LogP contribution in [0, 0.1) is 17.7 Å². The van der Waals surface area contributed by atoms with Crippen molar-refractivity contribution in [2.24, 2.45) is 11.8 Å². The lowest BCUT2D eigenvalue weighted by molar-refractivity contribution is -0.147. The highest BCUT2D eigenvalue weighted by Gasteiger charge is 2.36. The third kappa shape index (κ3) is 3.66. The second-order valence-corrected chi connectivity index (χ2v) is 5.88. The SMILES string of the molecule is O=C(O)C1CCCCC1C(=O)Nc1c(Cl)cc(F)cc1Cl. The number of hydrogen-bond acceptors (Lipinski definition) is 2. The number of rotatable bonds is 3. The maximum atomic E-state index is 13.1. The second-order valence-electron chi connectivity index (χ2n) is 5.07. The minimum atomic E-state index is -0.980. The zero-order chi connectivity index (χ0) is 15.6. The molecule has 2 rings (SSSR count). The first-order chi connectivity index (χ1) is 9.90. The summed E-state index contributed by atoms with van der Waals surface area (Å²) in [5.41, 5.74) is 0.111. The van der Waals surface area contributed by atoms with Gasteiger partial charge in [0.15, 0.2) is 0 Å². The number of benzene rings is 1. The Bertz CT molecular complexity index is 556. The first-order valence-corrected chi connectivity index (χ1v) is 7.34. The third-order valence-electron chi connectivity index (χ3n) is 3.68. The molecule has 0 bridgehead atoms. The summed E-state index contributed by atoms with van der Waals surface area (Å²) in [6.07, 6.45) is 2.56. The predicted octanol–water partition coefficient (Wildman–Crippen LogP) is 3.96. The molecular formula is C14H14Cl2FNO3. The van der Waals surface area contributed by atoms with Crippen LogP contribution < -0.4 is 5.32 Å². The first kappa shape index (κ1) is 16.0. The number of hydrogen-bond donors (Lipinski definition) is 2. The molecule has 0 heterocycles. The van der Waals surface area contributed by atoms with E-state index in [1.54, 1.807) is 0 Å². The van der Waals surface area contributed by atoms with Gasteiger partial charge in [-0.3, -0.25) is 9.59 Å². The summed E-state index contributed by atoms with van der Waals surface area (Å²) in [4.78, 5) is 23.5. The van der Waals surface area contributed by atoms with E-state index in [2.05, 4.69) is 5.32 Å². The van der Waals surface area contributed by atoms with Crippen molar-refractivity contribution in [3.8, 4) is 0 Å². The molecule has 114 valence electrons. The van der Waals surface area contributed by atoms with Gasteiger partial charge in [-0.05, 0) is 25.0 Å². The Morgan fingerprint density at radius 2 is 1.67 bits per heavy atom. The zero-order valence-corrected chi connectivity index (χ0v) is 12.5. The fourth-order valence-corrected chi connectivity index (χ4v) is 3.17. The van der Waals surface area contributed by atoms with E-state index in [0.29, 0.717) is 12.8 Å². The molecule has 0 aromatic heterocycles. The Morgan fingerprint density at radius 1 is 1.14 bits per heavy atom. The lowest BCUT2D eigenvalue weighted by atomic mass is 9.78. The number of anilines is 1. The number of carboxylic acid groups (broad SMARTS) is 1. The molecule has 2 atom stereocenters. The molecule has 21 heavy (non-hydrogen) atoms. The van der Waals surface area contributed by atoms with Crippen molar-refractivity contribution in [2.75, 3.05) is 5.32 Å². The zero-order valence-electron chi connectivity index (χ0n) is 11.0. The molecule has 4 nitrogen and oxygen atoms in total. The number of carbonyl (C=O) groups excluding carboxylic acids is 1. The van der Waals surface area contributed by atoms with Crippen molar-refractivity contribution in [3.05, 3.63) is 28.0 Å². The molecule has 2 N–H and O–H groups in total. The van der Waals surface area contributed by atoms with Gasteiger partial charge in [0, 0.05) is 0 Å². The molecule has 1 saturated carbocycles. The van der Waals surface area contributed by atoms with Crippen LogP contribution in [0.3, 0.4) is 0 Å². The van der Waals surface area contributed by atoms with Crippen LogP contribution in [0.1, 0.15) is 25.7 Å². The van der Waals surface area contributed by atoms with Gasteiger partial charge in [-0.1, -0.05) is 36.0 Å². The maximum Gasteiger partial charge on any atom is 0.307 e. The van der Waals surface area contributed by atoms with Crippen LogP contribution in [0.5, 0.6) is 0 Å². The molecule has 0 saturated heterocycles. The van der Waals surface area contributed by atoms with E-state index in [1.807, 2.05) is 0 Å². The molecule has 1 amide bonds. The molecule has 1 aromatic rings. The summed E-state index contributed by atoms with van der Waals surface area (Å²) >= 11 is 11.7. The molecule has 1 aliphatic rings. The standard InChI is InChI=1S/C14H14Cl2FNO3/c15-10-5-7(17)6-11(16)12(10)18-13(19)8-3-1-2-4-9(8)14(20)21/h5-6,8-9H,1-4H2,(H,18,19)(H,20,21). The summed E-state index contributed by atoms with van der Waals surface area (Å²) in [7, 11) is 0. The number of carbonyl (C=O) groups is 2. The topological polar surface area (TPSA) is 66.4 Å². The van der Waals surface area contributed by atoms with E-state index in [-0.39, 0.29) is 15.7 Å². The van der Waals surface area contributed by atoms with Gasteiger partial charge in [0.25, 0.3) is 0 Å². The van der Waals surface area contributed by atoms with Gasteiger partial charge in [0.2, 0.25) is 5.91 Å². The lowest BCUT2D eigenvalue weighted by Crippen LogP contribution is -2.36. The highest BCUT2D eigenvalue weighted by molar-refractivity contribution is 6.39. The minimum absolute atomic E-state index is 0.0176. The van der Waals surface area contributed by atoms with E-state index in [4.69, 9.17) is 23.2 Å². The van der Waals surface area contributed by atoms with Gasteiger partial charge in [0.1, 0.15) is 5.82 Å². The van der Waals surface area contributed by atoms with Crippen LogP contribution in [-0.2, 0) is 9.59 Å². The van der Waals surface area contributed by atoms with Gasteiger partial charge in [-0.15, -0.1) is 0 Å². The number of amides is 1. The summed E-state index contributed by atoms with van der Waals surface area (Å²) in [5.74, 6) is -3.38. The smallest absolute Gasteiger partial charge is 0.307 e. The Balaban J connectivity index is 2.19. The van der Waals surface area contributed by atoms with E-state index in [1.165, 1.54) is 0 Å². The largest absolute Gasteiger partial charge is 0.481 e. The van der Waals surface area contributed by atoms with Crippen molar-refractivity contribution in [1.82, 2.24) is 0 Å². The van der Waals surface area contributed by atoms with Crippen molar-refractivity contribution in [2.45, 2.75) is 25.7 Å². The van der Waals surface area contributed by atoms with E-state index in [0.717, 1.165) is 25.0 Å². The van der Waals surface area contributed by atoms with Gasteiger partial charge in [-0.25, -0.2) is 4.39 Å². The summed E-state index contributed by atoms with van der Waals surface area (Å²) in [6, 6.07) is 2.08. The van der Waals surface area contributed by atoms with E-state index >= 15 is 0 Å². The summed E-state index contributed by atoms with van der Waals surface area (Å²) < 4.78 is 13.1. The summed E-state index contributed by atoms with van der Waals surface area (Å²) in [6.45, 7) is 0. The monoisotopic (exact) mass is 333 g/mol. The molecule has 1 aliphatic carbocycles. The molecule has 1 aromatic carbocycles. The third-order valence-corrected chi connectivity index (χ3v) is 4.27. The van der Waals surface area contributed by atoms with Gasteiger partial charge in [0.05, 0.1) is 27.6 Å². The van der Waals surface area contributed by atoms with E-state index in [9.17, 15) is 19.1 Å². The lowest BCUT2D eigenvalue weighted by Gasteiger charge is -2.27. The fraction of sp³-hybridized carbons (Fsp3) is 0.429. The second kappa shape index (κ2) is 6.62. The van der Waals surface area contributed by atoms with Crippen molar-refractivity contribution >= 4 is 40.8 Å². The van der Waals surface area contributed by atoms with Crippen LogP contribution in [0.2, 0.25) is 10.0 Å². The quantitative estimate of drug-likeness (QED) is 0.879. The molecule has 0 spiro atoms. The average molecular weight is 334 g/mol. The highest BCUT2D eigenvalue weighted by Crippen LogP contribution is 2.35. The van der Waals surface area contributed by atoms with Crippen molar-refractivity contribution < 1.29 is 19.1 Å². The van der Waals surface area contributed by atoms with Crippen molar-refractivity contribution in [1.29, 1.82) is 0 Å². The Morgan fingerprint density at radius 3 is 2.19 bits per heavy atom. The fourth-order valence-electron chi connectivity index (χ4n) is 2.62. The van der Waals surface area contributed by atoms with E-state index < -0.39 is 29.5 Å². The average Bonchev–Trinajstić information content (AvgIpc) is 2.42. The number of halogens is 3. The molecule has 1 fully saturated rings. The van der Waals surface area contributed by atoms with Crippen LogP contribution in [-0.4, -0.2) is 17.0 Å². The van der Waals surface area contributed by atoms with Crippen LogP contribution >= 0.6 is 23.2 Å². The maximum absolute atomic E-state index is 13.1. The van der Waals surface area contributed by atoms with Gasteiger partial charge >= 0.3 is 5.97 Å². The number of aliphatic carboxylic acids is 1. The molecular weight excluding hydrogens is 320 g/mol. The molecule has 0 radical (unpaired) electrons. The number of nitrogens with one attached hydrogen (secondary N) is 1. The predicted molar refractivity (Wildman–Crippen MR) is 78.1 cm³/mol.